The Bertz CT molecular complexity index is 326. The first-order valence-electron chi connectivity index (χ1n) is 4.34. The summed E-state index contributed by atoms with van der Waals surface area (Å²) in [7, 11) is 1.40. The van der Waals surface area contributed by atoms with Crippen LogP contribution in [-0.2, 0) is 0 Å². The molecular formula is C10H14FNO2. The largest absolute Gasteiger partial charge is 0.494 e. The van der Waals surface area contributed by atoms with Crippen molar-refractivity contribution >= 4 is 5.69 Å². The van der Waals surface area contributed by atoms with Gasteiger partial charge < -0.3 is 15.2 Å². The highest BCUT2D eigenvalue weighted by atomic mass is 19.1. The van der Waals surface area contributed by atoms with Crippen LogP contribution in [0.15, 0.2) is 12.1 Å². The maximum absolute atomic E-state index is 13.1. The van der Waals surface area contributed by atoms with E-state index in [-0.39, 0.29) is 17.5 Å². The lowest BCUT2D eigenvalue weighted by Crippen LogP contribution is -2.08. The van der Waals surface area contributed by atoms with E-state index in [2.05, 4.69) is 0 Å². The summed E-state index contributed by atoms with van der Waals surface area (Å²) >= 11 is 0. The lowest BCUT2D eigenvalue weighted by molar-refractivity contribution is 0.242. The third kappa shape index (κ3) is 2.28. The average Bonchev–Trinajstić information content (AvgIpc) is 2.09. The van der Waals surface area contributed by atoms with Crippen LogP contribution in [0.4, 0.5) is 10.1 Å². The van der Waals surface area contributed by atoms with Gasteiger partial charge in [-0.15, -0.1) is 0 Å². The Labute approximate surface area is 82.6 Å². The number of hydrogen-bond donors (Lipinski definition) is 1. The van der Waals surface area contributed by atoms with E-state index in [1.54, 1.807) is 0 Å². The third-order valence-corrected chi connectivity index (χ3v) is 1.65. The summed E-state index contributed by atoms with van der Waals surface area (Å²) in [6.07, 6.45) is -0.00697. The molecule has 4 heteroatoms. The van der Waals surface area contributed by atoms with Crippen molar-refractivity contribution in [3.05, 3.63) is 17.9 Å². The standard InChI is InChI=1S/C10H14FNO2/c1-6(2)14-10-5-9(13-3)7(11)4-8(10)12/h4-6H,12H2,1-3H3. The second kappa shape index (κ2) is 4.17. The molecule has 1 aromatic carbocycles. The maximum atomic E-state index is 13.1. The number of benzene rings is 1. The monoisotopic (exact) mass is 199 g/mol. The van der Waals surface area contributed by atoms with Gasteiger partial charge in [-0.05, 0) is 13.8 Å². The number of rotatable bonds is 3. The Balaban J connectivity index is 3.04. The first kappa shape index (κ1) is 10.6. The number of nitrogen functional groups attached to an aromatic ring is 1. The van der Waals surface area contributed by atoms with E-state index in [1.165, 1.54) is 19.2 Å². The number of ether oxygens (including phenoxy) is 2. The number of methoxy groups -OCH3 is 1. The van der Waals surface area contributed by atoms with Crippen LogP contribution in [-0.4, -0.2) is 13.2 Å². The van der Waals surface area contributed by atoms with E-state index in [0.717, 1.165) is 0 Å². The molecule has 0 spiro atoms. The van der Waals surface area contributed by atoms with Gasteiger partial charge in [-0.25, -0.2) is 4.39 Å². The number of hydrogen-bond acceptors (Lipinski definition) is 3. The van der Waals surface area contributed by atoms with Crippen LogP contribution in [0.5, 0.6) is 11.5 Å². The van der Waals surface area contributed by atoms with Crippen molar-refractivity contribution in [2.45, 2.75) is 20.0 Å². The molecule has 0 aromatic heterocycles. The summed E-state index contributed by atoms with van der Waals surface area (Å²) in [5.74, 6) is 0.0919. The topological polar surface area (TPSA) is 44.5 Å². The predicted molar refractivity (Wildman–Crippen MR) is 53.1 cm³/mol. The first-order valence-corrected chi connectivity index (χ1v) is 4.34. The highest BCUT2D eigenvalue weighted by molar-refractivity contribution is 5.56. The molecule has 0 aliphatic heterocycles. The highest BCUT2D eigenvalue weighted by Crippen LogP contribution is 2.30. The van der Waals surface area contributed by atoms with Gasteiger partial charge >= 0.3 is 0 Å². The molecular weight excluding hydrogens is 185 g/mol. The molecule has 0 unspecified atom stereocenters. The molecule has 0 bridgehead atoms. The Kier molecular flexibility index (Phi) is 3.17. The SMILES string of the molecule is COc1cc(OC(C)C)c(N)cc1F. The van der Waals surface area contributed by atoms with Crippen molar-refractivity contribution in [3.63, 3.8) is 0 Å². The van der Waals surface area contributed by atoms with E-state index >= 15 is 0 Å². The van der Waals surface area contributed by atoms with Gasteiger partial charge in [-0.1, -0.05) is 0 Å². The Hall–Kier alpha value is -1.45. The zero-order chi connectivity index (χ0) is 10.7. The van der Waals surface area contributed by atoms with E-state index in [1.807, 2.05) is 13.8 Å². The van der Waals surface area contributed by atoms with Crippen molar-refractivity contribution in [1.29, 1.82) is 0 Å². The summed E-state index contributed by atoms with van der Waals surface area (Å²) < 4.78 is 23.3. The molecule has 0 aliphatic carbocycles. The molecule has 14 heavy (non-hydrogen) atoms. The van der Waals surface area contributed by atoms with Gasteiger partial charge in [0.25, 0.3) is 0 Å². The molecule has 0 amide bonds. The van der Waals surface area contributed by atoms with Gasteiger partial charge in [0, 0.05) is 12.1 Å². The van der Waals surface area contributed by atoms with Crippen LogP contribution >= 0.6 is 0 Å². The van der Waals surface area contributed by atoms with E-state index in [9.17, 15) is 4.39 Å². The van der Waals surface area contributed by atoms with Crippen molar-refractivity contribution in [3.8, 4) is 11.5 Å². The molecule has 1 aromatic rings. The maximum Gasteiger partial charge on any atom is 0.167 e. The van der Waals surface area contributed by atoms with Gasteiger partial charge in [-0.3, -0.25) is 0 Å². The summed E-state index contributed by atoms with van der Waals surface area (Å²) in [6, 6.07) is 2.64. The smallest absolute Gasteiger partial charge is 0.167 e. The van der Waals surface area contributed by atoms with E-state index < -0.39 is 5.82 Å². The van der Waals surface area contributed by atoms with Crippen molar-refractivity contribution in [2.75, 3.05) is 12.8 Å². The van der Waals surface area contributed by atoms with E-state index in [0.29, 0.717) is 5.75 Å². The van der Waals surface area contributed by atoms with Crippen LogP contribution in [0.1, 0.15) is 13.8 Å². The van der Waals surface area contributed by atoms with Crippen LogP contribution in [0.25, 0.3) is 0 Å². The first-order chi connectivity index (χ1) is 6.54. The Morgan fingerprint density at radius 3 is 2.43 bits per heavy atom. The molecule has 0 saturated carbocycles. The molecule has 0 atom stereocenters. The fourth-order valence-electron chi connectivity index (χ4n) is 1.06. The van der Waals surface area contributed by atoms with E-state index in [4.69, 9.17) is 15.2 Å². The second-order valence-electron chi connectivity index (χ2n) is 3.19. The minimum absolute atomic E-state index is 0.00697. The molecule has 3 nitrogen and oxygen atoms in total. The normalized spacial score (nSPS) is 10.4. The zero-order valence-corrected chi connectivity index (χ0v) is 8.50. The van der Waals surface area contributed by atoms with Gasteiger partial charge in [0.05, 0.1) is 18.9 Å². The molecule has 0 saturated heterocycles. The van der Waals surface area contributed by atoms with Crippen LogP contribution < -0.4 is 15.2 Å². The lowest BCUT2D eigenvalue weighted by Gasteiger charge is -2.13. The fraction of sp³-hybridized carbons (Fsp3) is 0.400. The molecule has 0 fully saturated rings. The minimum atomic E-state index is -0.485. The number of anilines is 1. The zero-order valence-electron chi connectivity index (χ0n) is 8.50. The molecule has 1 rings (SSSR count). The highest BCUT2D eigenvalue weighted by Gasteiger charge is 2.10. The lowest BCUT2D eigenvalue weighted by atomic mass is 10.2. The second-order valence-corrected chi connectivity index (χ2v) is 3.19. The van der Waals surface area contributed by atoms with Crippen LogP contribution in [0.3, 0.4) is 0 Å². The van der Waals surface area contributed by atoms with Gasteiger partial charge in [0.2, 0.25) is 0 Å². The quantitative estimate of drug-likeness (QED) is 0.759. The predicted octanol–water partition coefficient (Wildman–Crippen LogP) is 2.20. The molecule has 0 heterocycles. The molecule has 78 valence electrons. The van der Waals surface area contributed by atoms with Gasteiger partial charge in [0.15, 0.2) is 11.6 Å². The number of halogens is 1. The van der Waals surface area contributed by atoms with Crippen LogP contribution in [0.2, 0.25) is 0 Å². The summed E-state index contributed by atoms with van der Waals surface area (Å²) in [4.78, 5) is 0. The fourth-order valence-corrected chi connectivity index (χ4v) is 1.06. The minimum Gasteiger partial charge on any atom is -0.494 e. The molecule has 0 aliphatic rings. The molecule has 0 radical (unpaired) electrons. The van der Waals surface area contributed by atoms with Gasteiger partial charge in [-0.2, -0.15) is 0 Å². The summed E-state index contributed by atoms with van der Waals surface area (Å²) in [6.45, 7) is 3.74. The number of nitrogens with two attached hydrogens (primary N) is 1. The van der Waals surface area contributed by atoms with Crippen molar-refractivity contribution in [2.24, 2.45) is 0 Å². The summed E-state index contributed by atoms with van der Waals surface area (Å²) in [5.41, 5.74) is 5.85. The van der Waals surface area contributed by atoms with Crippen LogP contribution in [0, 0.1) is 5.82 Å². The molecule has 2 N–H and O–H groups in total. The Morgan fingerprint density at radius 1 is 1.29 bits per heavy atom. The Morgan fingerprint density at radius 2 is 1.93 bits per heavy atom. The summed E-state index contributed by atoms with van der Waals surface area (Å²) in [5, 5.41) is 0. The third-order valence-electron chi connectivity index (χ3n) is 1.65. The van der Waals surface area contributed by atoms with Crippen molar-refractivity contribution in [1.82, 2.24) is 0 Å². The van der Waals surface area contributed by atoms with Crippen molar-refractivity contribution < 1.29 is 13.9 Å². The average molecular weight is 199 g/mol. The van der Waals surface area contributed by atoms with Gasteiger partial charge in [0.1, 0.15) is 5.75 Å².